The van der Waals surface area contributed by atoms with Crippen LogP contribution < -0.4 is 10.5 Å². The summed E-state index contributed by atoms with van der Waals surface area (Å²) in [6, 6.07) is 5.03. The first kappa shape index (κ1) is 13.7. The monoisotopic (exact) mass is 300 g/mol. The molecular weight excluding hydrogens is 288 g/mol. The highest BCUT2D eigenvalue weighted by atomic mass is 35.5. The number of aryl methyl sites for hydroxylation is 2. The van der Waals surface area contributed by atoms with Gasteiger partial charge in [-0.2, -0.15) is 8.42 Å². The molecule has 0 fully saturated rings. The second-order valence-corrected chi connectivity index (χ2v) is 6.14. The first-order chi connectivity index (χ1) is 8.81. The quantitative estimate of drug-likeness (QED) is 0.904. The number of benzene rings is 1. The molecule has 102 valence electrons. The highest BCUT2D eigenvalue weighted by molar-refractivity contribution is 7.92. The van der Waals surface area contributed by atoms with Gasteiger partial charge in [-0.1, -0.05) is 17.7 Å². The number of halogens is 1. The van der Waals surface area contributed by atoms with E-state index in [1.54, 1.807) is 25.2 Å². The van der Waals surface area contributed by atoms with Gasteiger partial charge in [0.05, 0.1) is 17.0 Å². The Morgan fingerprint density at radius 2 is 2.11 bits per heavy atom. The predicted octanol–water partition coefficient (Wildman–Crippen LogP) is 1.76. The molecule has 1 aromatic heterocycles. The van der Waals surface area contributed by atoms with Crippen molar-refractivity contribution in [2.45, 2.75) is 11.9 Å². The van der Waals surface area contributed by atoms with Crippen LogP contribution in [0.4, 0.5) is 11.5 Å². The second kappa shape index (κ2) is 4.75. The Labute approximate surface area is 116 Å². The van der Waals surface area contributed by atoms with E-state index in [1.165, 1.54) is 10.9 Å². The van der Waals surface area contributed by atoms with Crippen LogP contribution in [-0.2, 0) is 17.1 Å². The van der Waals surface area contributed by atoms with E-state index in [1.807, 2.05) is 6.92 Å². The minimum atomic E-state index is -3.83. The number of sulfonamides is 1. The van der Waals surface area contributed by atoms with E-state index in [2.05, 4.69) is 9.71 Å². The van der Waals surface area contributed by atoms with Crippen molar-refractivity contribution in [3.05, 3.63) is 35.1 Å². The molecule has 0 amide bonds. The first-order valence-corrected chi connectivity index (χ1v) is 7.23. The lowest BCUT2D eigenvalue weighted by Crippen LogP contribution is -2.17. The van der Waals surface area contributed by atoms with Crippen molar-refractivity contribution < 1.29 is 8.42 Å². The number of nitrogens with zero attached hydrogens (tertiary/aromatic N) is 2. The number of nitrogen functional groups attached to an aromatic ring is 1. The van der Waals surface area contributed by atoms with Crippen molar-refractivity contribution in [1.29, 1.82) is 0 Å². The normalized spacial score (nSPS) is 11.5. The fraction of sp³-hybridized carbons (Fsp3) is 0.182. The third-order valence-electron chi connectivity index (χ3n) is 2.53. The molecule has 0 saturated carbocycles. The molecule has 6 nitrogen and oxygen atoms in total. The lowest BCUT2D eigenvalue weighted by molar-refractivity contribution is 0.592. The van der Waals surface area contributed by atoms with Gasteiger partial charge in [0.25, 0.3) is 10.0 Å². The van der Waals surface area contributed by atoms with Gasteiger partial charge in [0.2, 0.25) is 0 Å². The van der Waals surface area contributed by atoms with Gasteiger partial charge in [0.1, 0.15) is 0 Å². The van der Waals surface area contributed by atoms with Crippen LogP contribution in [0.1, 0.15) is 5.56 Å². The van der Waals surface area contributed by atoms with Crippen LogP contribution in [0.15, 0.2) is 29.6 Å². The molecular formula is C11H13ClN4O2S. The number of aromatic nitrogens is 2. The summed E-state index contributed by atoms with van der Waals surface area (Å²) in [4.78, 5) is 3.75. The number of nitrogens with two attached hydrogens (primary N) is 1. The molecule has 0 aliphatic rings. The molecule has 0 saturated heterocycles. The summed E-state index contributed by atoms with van der Waals surface area (Å²) in [6.07, 6.45) is 1.33. The summed E-state index contributed by atoms with van der Waals surface area (Å²) < 4.78 is 28.2. The summed E-state index contributed by atoms with van der Waals surface area (Å²) in [5.41, 5.74) is 6.80. The Hall–Kier alpha value is -1.73. The van der Waals surface area contributed by atoms with Gasteiger partial charge >= 0.3 is 0 Å². The summed E-state index contributed by atoms with van der Waals surface area (Å²) in [5.74, 6) is -0.0572. The molecule has 0 aliphatic carbocycles. The zero-order valence-electron chi connectivity index (χ0n) is 10.4. The van der Waals surface area contributed by atoms with Gasteiger partial charge in [-0.3, -0.25) is 4.72 Å². The number of hydrogen-bond donors (Lipinski definition) is 2. The lowest BCUT2D eigenvalue weighted by Gasteiger charge is -2.10. The maximum atomic E-state index is 12.2. The van der Waals surface area contributed by atoms with E-state index in [9.17, 15) is 8.42 Å². The smallest absolute Gasteiger partial charge is 0.281 e. The average Bonchev–Trinajstić information content (AvgIpc) is 2.63. The van der Waals surface area contributed by atoms with Crippen molar-refractivity contribution >= 4 is 33.1 Å². The van der Waals surface area contributed by atoms with E-state index >= 15 is 0 Å². The summed E-state index contributed by atoms with van der Waals surface area (Å²) in [6.45, 7) is 1.86. The van der Waals surface area contributed by atoms with E-state index in [4.69, 9.17) is 17.3 Å². The van der Waals surface area contributed by atoms with E-state index < -0.39 is 10.0 Å². The number of nitrogens with one attached hydrogen (secondary N) is 1. The third-order valence-corrected chi connectivity index (χ3v) is 4.34. The number of hydrogen-bond acceptors (Lipinski definition) is 4. The van der Waals surface area contributed by atoms with Crippen molar-refractivity contribution in [1.82, 2.24) is 9.55 Å². The highest BCUT2D eigenvalue weighted by Gasteiger charge is 2.23. The molecule has 1 aromatic carbocycles. The molecule has 2 rings (SSSR count). The molecule has 8 heteroatoms. The minimum Gasteiger partial charge on any atom is -0.381 e. The van der Waals surface area contributed by atoms with Crippen molar-refractivity contribution in [2.75, 3.05) is 10.5 Å². The van der Waals surface area contributed by atoms with Crippen LogP contribution in [0.2, 0.25) is 5.02 Å². The van der Waals surface area contributed by atoms with Crippen LogP contribution in [0, 0.1) is 6.92 Å². The maximum Gasteiger partial charge on any atom is 0.281 e. The molecule has 0 radical (unpaired) electrons. The van der Waals surface area contributed by atoms with Crippen molar-refractivity contribution in [3.63, 3.8) is 0 Å². The minimum absolute atomic E-state index is 0.0572. The molecule has 0 bridgehead atoms. The van der Waals surface area contributed by atoms with Gasteiger partial charge in [0.15, 0.2) is 10.8 Å². The van der Waals surface area contributed by atoms with Crippen molar-refractivity contribution in [3.8, 4) is 0 Å². The third kappa shape index (κ3) is 2.66. The van der Waals surface area contributed by atoms with Gasteiger partial charge in [-0.15, -0.1) is 0 Å². The van der Waals surface area contributed by atoms with Crippen LogP contribution in [0.25, 0.3) is 0 Å². The van der Waals surface area contributed by atoms with E-state index in [0.717, 1.165) is 5.56 Å². The SMILES string of the molecule is Cc1ccc(NS(=O)(=O)c2c(N)ncn2C)c(Cl)c1. The second-order valence-electron chi connectivity index (χ2n) is 4.13. The van der Waals surface area contributed by atoms with Gasteiger partial charge in [-0.05, 0) is 24.6 Å². The molecule has 0 spiro atoms. The zero-order valence-corrected chi connectivity index (χ0v) is 12.0. The predicted molar refractivity (Wildman–Crippen MR) is 74.6 cm³/mol. The Balaban J connectivity index is 2.42. The topological polar surface area (TPSA) is 90.0 Å². The van der Waals surface area contributed by atoms with Crippen LogP contribution >= 0.6 is 11.6 Å². The van der Waals surface area contributed by atoms with Crippen LogP contribution in [-0.4, -0.2) is 18.0 Å². The Morgan fingerprint density at radius 3 is 2.63 bits per heavy atom. The first-order valence-electron chi connectivity index (χ1n) is 5.37. The van der Waals surface area contributed by atoms with Gasteiger partial charge in [-0.25, -0.2) is 4.98 Å². The van der Waals surface area contributed by atoms with E-state index in [0.29, 0.717) is 10.7 Å². The fourth-order valence-corrected chi connectivity index (χ4v) is 3.32. The zero-order chi connectivity index (χ0) is 14.2. The largest absolute Gasteiger partial charge is 0.381 e. The molecule has 2 aromatic rings. The number of imidazole rings is 1. The van der Waals surface area contributed by atoms with Crippen LogP contribution in [0.3, 0.4) is 0 Å². The molecule has 1 heterocycles. The lowest BCUT2D eigenvalue weighted by atomic mass is 10.2. The summed E-state index contributed by atoms with van der Waals surface area (Å²) >= 11 is 6.00. The Morgan fingerprint density at radius 1 is 1.42 bits per heavy atom. The Bertz CT molecular complexity index is 705. The Kier molecular flexibility index (Phi) is 3.42. The van der Waals surface area contributed by atoms with Gasteiger partial charge < -0.3 is 10.3 Å². The maximum absolute atomic E-state index is 12.2. The molecule has 0 unspecified atom stereocenters. The van der Waals surface area contributed by atoms with Gasteiger partial charge in [0, 0.05) is 7.05 Å². The average molecular weight is 301 g/mol. The highest BCUT2D eigenvalue weighted by Crippen LogP contribution is 2.26. The number of rotatable bonds is 3. The molecule has 0 aliphatic heterocycles. The molecule has 19 heavy (non-hydrogen) atoms. The standard InChI is InChI=1S/C11H13ClN4O2S/c1-7-3-4-9(8(12)5-7)15-19(17,18)11-10(13)14-6-16(11)2/h3-6,15H,13H2,1-2H3. The van der Waals surface area contributed by atoms with Crippen LogP contribution in [0.5, 0.6) is 0 Å². The van der Waals surface area contributed by atoms with Crippen molar-refractivity contribution in [2.24, 2.45) is 7.05 Å². The number of anilines is 2. The summed E-state index contributed by atoms with van der Waals surface area (Å²) in [7, 11) is -2.28. The fourth-order valence-electron chi connectivity index (χ4n) is 1.66. The summed E-state index contributed by atoms with van der Waals surface area (Å²) in [5, 5.41) is 0.230. The molecule has 3 N–H and O–H groups in total. The molecule has 0 atom stereocenters. The van der Waals surface area contributed by atoms with E-state index in [-0.39, 0.29) is 10.8 Å².